The Labute approximate surface area is 110 Å². The highest BCUT2D eigenvalue weighted by Crippen LogP contribution is 2.23. The molecule has 0 bridgehead atoms. The van der Waals surface area contributed by atoms with Crippen molar-refractivity contribution in [2.75, 3.05) is 11.9 Å². The molecule has 1 unspecified atom stereocenters. The normalized spacial score (nSPS) is 19.6. The Morgan fingerprint density at radius 1 is 1.56 bits per heavy atom. The molecule has 1 atom stereocenters. The first-order valence-electron chi connectivity index (χ1n) is 4.99. The summed E-state index contributed by atoms with van der Waals surface area (Å²) >= 11 is 6.77. The number of carbonyl (C=O) groups excluding carboxylic acids is 1. The van der Waals surface area contributed by atoms with Gasteiger partial charge < -0.3 is 10.6 Å². The fourth-order valence-corrected chi connectivity index (χ4v) is 2.72. The molecule has 0 aliphatic carbocycles. The maximum absolute atomic E-state index is 11.0. The second-order valence-corrected chi connectivity index (χ2v) is 5.44. The first-order chi connectivity index (χ1) is 7.65. The topological polar surface area (TPSA) is 54.0 Å². The number of amides is 1. The predicted molar refractivity (Wildman–Crippen MR) is 69.3 cm³/mol. The van der Waals surface area contributed by atoms with Gasteiger partial charge in [0.25, 0.3) is 0 Å². The van der Waals surface area contributed by atoms with E-state index < -0.39 is 0 Å². The van der Waals surface area contributed by atoms with Gasteiger partial charge in [-0.1, -0.05) is 0 Å². The summed E-state index contributed by atoms with van der Waals surface area (Å²) in [7, 11) is 0. The summed E-state index contributed by atoms with van der Waals surface area (Å²) in [6.45, 7) is 0.707. The SMILES string of the molecule is O=C1CCC(CNc2ncc(Br)cc2Br)N1. The smallest absolute Gasteiger partial charge is 0.220 e. The summed E-state index contributed by atoms with van der Waals surface area (Å²) in [4.78, 5) is 15.2. The van der Waals surface area contributed by atoms with Crippen molar-refractivity contribution in [3.8, 4) is 0 Å². The largest absolute Gasteiger partial charge is 0.367 e. The molecule has 1 aliphatic heterocycles. The number of nitrogens with one attached hydrogen (secondary N) is 2. The van der Waals surface area contributed by atoms with Gasteiger partial charge in [0.1, 0.15) is 5.82 Å². The molecule has 1 aromatic rings. The zero-order valence-corrected chi connectivity index (χ0v) is 11.6. The van der Waals surface area contributed by atoms with Crippen molar-refractivity contribution in [3.05, 3.63) is 21.2 Å². The van der Waals surface area contributed by atoms with E-state index in [1.165, 1.54) is 0 Å². The van der Waals surface area contributed by atoms with Crippen LogP contribution in [0.25, 0.3) is 0 Å². The van der Waals surface area contributed by atoms with Gasteiger partial charge >= 0.3 is 0 Å². The Hall–Kier alpha value is -0.620. The van der Waals surface area contributed by atoms with Gasteiger partial charge in [0.2, 0.25) is 5.91 Å². The van der Waals surface area contributed by atoms with E-state index in [1.807, 2.05) is 6.07 Å². The number of aromatic nitrogens is 1. The van der Waals surface area contributed by atoms with Crippen LogP contribution in [-0.4, -0.2) is 23.5 Å². The molecule has 1 fully saturated rings. The van der Waals surface area contributed by atoms with E-state index in [-0.39, 0.29) is 11.9 Å². The van der Waals surface area contributed by atoms with Gasteiger partial charge in [0, 0.05) is 29.7 Å². The summed E-state index contributed by atoms with van der Waals surface area (Å²) in [5.74, 6) is 0.930. The summed E-state index contributed by atoms with van der Waals surface area (Å²) in [6, 6.07) is 2.15. The van der Waals surface area contributed by atoms with Crippen LogP contribution in [-0.2, 0) is 4.79 Å². The van der Waals surface area contributed by atoms with Gasteiger partial charge in [0.05, 0.1) is 4.47 Å². The van der Waals surface area contributed by atoms with Gasteiger partial charge in [-0.3, -0.25) is 4.79 Å². The molecule has 2 rings (SSSR count). The van der Waals surface area contributed by atoms with Crippen molar-refractivity contribution >= 4 is 43.6 Å². The van der Waals surface area contributed by atoms with E-state index in [4.69, 9.17) is 0 Å². The highest BCUT2D eigenvalue weighted by molar-refractivity contribution is 9.11. The average molecular weight is 349 g/mol. The minimum Gasteiger partial charge on any atom is -0.367 e. The van der Waals surface area contributed by atoms with E-state index in [0.717, 1.165) is 21.2 Å². The number of anilines is 1. The first-order valence-corrected chi connectivity index (χ1v) is 6.58. The van der Waals surface area contributed by atoms with E-state index in [1.54, 1.807) is 6.20 Å². The fraction of sp³-hybridized carbons (Fsp3) is 0.400. The third kappa shape index (κ3) is 2.95. The van der Waals surface area contributed by atoms with Crippen LogP contribution >= 0.6 is 31.9 Å². The third-order valence-electron chi connectivity index (χ3n) is 2.41. The lowest BCUT2D eigenvalue weighted by molar-refractivity contribution is -0.119. The van der Waals surface area contributed by atoms with Crippen molar-refractivity contribution in [2.45, 2.75) is 18.9 Å². The van der Waals surface area contributed by atoms with Crippen LogP contribution in [0.15, 0.2) is 21.2 Å². The van der Waals surface area contributed by atoms with Crippen LogP contribution in [0.4, 0.5) is 5.82 Å². The minimum absolute atomic E-state index is 0.134. The average Bonchev–Trinajstić information content (AvgIpc) is 2.63. The molecule has 1 aliphatic rings. The lowest BCUT2D eigenvalue weighted by atomic mass is 10.2. The van der Waals surface area contributed by atoms with Gasteiger partial charge in [-0.15, -0.1) is 0 Å². The van der Waals surface area contributed by atoms with Gasteiger partial charge in [-0.25, -0.2) is 4.98 Å². The van der Waals surface area contributed by atoms with Crippen molar-refractivity contribution in [1.29, 1.82) is 0 Å². The summed E-state index contributed by atoms with van der Waals surface area (Å²) in [5.41, 5.74) is 0. The lowest BCUT2D eigenvalue weighted by Crippen LogP contribution is -2.32. The Kier molecular flexibility index (Phi) is 3.81. The maximum Gasteiger partial charge on any atom is 0.220 e. The molecule has 16 heavy (non-hydrogen) atoms. The molecule has 4 nitrogen and oxygen atoms in total. The highest BCUT2D eigenvalue weighted by Gasteiger charge is 2.20. The number of rotatable bonds is 3. The number of nitrogens with zero attached hydrogens (tertiary/aromatic N) is 1. The van der Waals surface area contributed by atoms with Crippen LogP contribution in [0.1, 0.15) is 12.8 Å². The molecule has 1 amide bonds. The molecule has 6 heteroatoms. The monoisotopic (exact) mass is 347 g/mol. The molecule has 0 radical (unpaired) electrons. The van der Waals surface area contributed by atoms with Crippen LogP contribution in [0, 0.1) is 0 Å². The Morgan fingerprint density at radius 2 is 2.38 bits per heavy atom. The van der Waals surface area contributed by atoms with Gasteiger partial charge in [-0.05, 0) is 44.3 Å². The van der Waals surface area contributed by atoms with E-state index in [2.05, 4.69) is 47.5 Å². The molecule has 0 spiro atoms. The van der Waals surface area contributed by atoms with E-state index in [0.29, 0.717) is 13.0 Å². The van der Waals surface area contributed by atoms with Crippen molar-refractivity contribution in [3.63, 3.8) is 0 Å². The van der Waals surface area contributed by atoms with E-state index in [9.17, 15) is 4.79 Å². The lowest BCUT2D eigenvalue weighted by Gasteiger charge is -2.12. The fourth-order valence-electron chi connectivity index (χ4n) is 1.59. The van der Waals surface area contributed by atoms with Crippen LogP contribution in [0.2, 0.25) is 0 Å². The number of hydrogen-bond donors (Lipinski definition) is 2. The summed E-state index contributed by atoms with van der Waals surface area (Å²) in [6.07, 6.45) is 3.25. The number of pyridine rings is 1. The predicted octanol–water partition coefficient (Wildman–Crippen LogP) is 2.30. The summed E-state index contributed by atoms with van der Waals surface area (Å²) < 4.78 is 1.84. The number of hydrogen-bond acceptors (Lipinski definition) is 3. The Morgan fingerprint density at radius 3 is 3.00 bits per heavy atom. The second kappa shape index (κ2) is 5.14. The molecule has 1 aromatic heterocycles. The number of carbonyl (C=O) groups is 1. The van der Waals surface area contributed by atoms with Crippen LogP contribution in [0.5, 0.6) is 0 Å². The standard InChI is InChI=1S/C10H11Br2N3O/c11-6-3-8(12)10(13-4-6)14-5-7-1-2-9(16)15-7/h3-4,7H,1-2,5H2,(H,13,14)(H,15,16). The maximum atomic E-state index is 11.0. The van der Waals surface area contributed by atoms with Crippen molar-refractivity contribution in [2.24, 2.45) is 0 Å². The first kappa shape index (κ1) is 11.9. The minimum atomic E-state index is 0.134. The zero-order chi connectivity index (χ0) is 11.5. The molecule has 0 saturated carbocycles. The molecule has 1 saturated heterocycles. The van der Waals surface area contributed by atoms with Gasteiger partial charge in [-0.2, -0.15) is 0 Å². The third-order valence-corrected chi connectivity index (χ3v) is 3.45. The molecular formula is C10H11Br2N3O. The molecule has 2 heterocycles. The Bertz CT molecular complexity index is 411. The van der Waals surface area contributed by atoms with Gasteiger partial charge in [0.15, 0.2) is 0 Å². The molecular weight excluding hydrogens is 338 g/mol. The van der Waals surface area contributed by atoms with E-state index >= 15 is 0 Å². The number of halogens is 2. The van der Waals surface area contributed by atoms with Crippen LogP contribution in [0.3, 0.4) is 0 Å². The quantitative estimate of drug-likeness (QED) is 0.881. The second-order valence-electron chi connectivity index (χ2n) is 3.67. The molecule has 2 N–H and O–H groups in total. The van der Waals surface area contributed by atoms with Crippen LogP contribution < -0.4 is 10.6 Å². The molecule has 0 aromatic carbocycles. The van der Waals surface area contributed by atoms with Crippen molar-refractivity contribution < 1.29 is 4.79 Å². The van der Waals surface area contributed by atoms with Crippen molar-refractivity contribution in [1.82, 2.24) is 10.3 Å². The Balaban J connectivity index is 1.92. The summed E-state index contributed by atoms with van der Waals surface area (Å²) in [5, 5.41) is 6.11. The zero-order valence-electron chi connectivity index (χ0n) is 8.46. The highest BCUT2D eigenvalue weighted by atomic mass is 79.9. The molecule has 86 valence electrons.